The summed E-state index contributed by atoms with van der Waals surface area (Å²) < 4.78 is 2.14. The van der Waals surface area contributed by atoms with Crippen LogP contribution in [-0.4, -0.2) is 25.4 Å². The highest BCUT2D eigenvalue weighted by Gasteiger charge is 2.21. The third kappa shape index (κ3) is 4.52. The van der Waals surface area contributed by atoms with Crippen molar-refractivity contribution in [3.05, 3.63) is 84.1 Å². The van der Waals surface area contributed by atoms with Crippen molar-refractivity contribution in [2.45, 2.75) is 51.0 Å². The van der Waals surface area contributed by atoms with E-state index in [-0.39, 0.29) is 0 Å². The fraction of sp³-hybridized carbons (Fsp3) is 0.346. The van der Waals surface area contributed by atoms with Crippen LogP contribution in [0.2, 0.25) is 0 Å². The van der Waals surface area contributed by atoms with Crippen LogP contribution < -0.4 is 5.73 Å². The number of nitrogens with two attached hydrogens (primary N) is 1. The van der Waals surface area contributed by atoms with E-state index in [2.05, 4.69) is 57.9 Å². The number of rotatable bonds is 6. The van der Waals surface area contributed by atoms with Crippen LogP contribution in [0.25, 0.3) is 17.0 Å². The van der Waals surface area contributed by atoms with Gasteiger partial charge in [0.05, 0.1) is 23.3 Å². The number of aromatic nitrogens is 4. The van der Waals surface area contributed by atoms with Gasteiger partial charge in [-0.25, -0.2) is 4.98 Å². The minimum absolute atomic E-state index is 0.373. The Kier molecular flexibility index (Phi) is 5.76. The lowest BCUT2D eigenvalue weighted by Crippen LogP contribution is -2.27. The Hall–Kier alpha value is -3.05. The Morgan fingerprint density at radius 1 is 0.903 bits per heavy atom. The predicted octanol–water partition coefficient (Wildman–Crippen LogP) is 4.64. The molecule has 5 heteroatoms. The second-order valence-electron chi connectivity index (χ2n) is 8.70. The average Bonchev–Trinajstić information content (AvgIpc) is 3.25. The zero-order valence-electron chi connectivity index (χ0n) is 17.8. The van der Waals surface area contributed by atoms with E-state index >= 15 is 0 Å². The molecule has 3 aromatic heterocycles. The average molecular weight is 412 g/mol. The van der Waals surface area contributed by atoms with Crippen molar-refractivity contribution in [3.8, 4) is 11.4 Å². The predicted molar refractivity (Wildman–Crippen MR) is 124 cm³/mol. The first-order chi connectivity index (χ1) is 15.3. The normalized spacial score (nSPS) is 19.0. The van der Waals surface area contributed by atoms with Gasteiger partial charge in [0.2, 0.25) is 0 Å². The van der Waals surface area contributed by atoms with E-state index < -0.39 is 0 Å². The molecule has 1 aliphatic rings. The summed E-state index contributed by atoms with van der Waals surface area (Å²) in [5.74, 6) is 0.651. The summed E-state index contributed by atoms with van der Waals surface area (Å²) in [6, 6.07) is 17.2. The number of nitrogens with zero attached hydrogens (tertiary/aromatic N) is 4. The lowest BCUT2D eigenvalue weighted by Gasteiger charge is -2.25. The molecule has 0 bridgehead atoms. The molecule has 0 spiro atoms. The summed E-state index contributed by atoms with van der Waals surface area (Å²) in [6.07, 6.45) is 13.3. The number of hydrogen-bond acceptors (Lipinski definition) is 4. The highest BCUT2D eigenvalue weighted by atomic mass is 15.0. The van der Waals surface area contributed by atoms with Gasteiger partial charge in [-0.15, -0.1) is 0 Å². The van der Waals surface area contributed by atoms with E-state index in [0.717, 1.165) is 60.5 Å². The third-order valence-electron chi connectivity index (χ3n) is 6.46. The molecule has 3 heterocycles. The van der Waals surface area contributed by atoms with Crippen LogP contribution in [0.3, 0.4) is 0 Å². The van der Waals surface area contributed by atoms with Crippen molar-refractivity contribution < 1.29 is 0 Å². The first kappa shape index (κ1) is 19.9. The summed E-state index contributed by atoms with van der Waals surface area (Å²) in [5.41, 5.74) is 12.5. The Morgan fingerprint density at radius 2 is 1.74 bits per heavy atom. The van der Waals surface area contributed by atoms with Gasteiger partial charge in [0.15, 0.2) is 5.65 Å². The van der Waals surface area contributed by atoms with Crippen molar-refractivity contribution in [1.29, 1.82) is 0 Å². The van der Waals surface area contributed by atoms with Crippen LogP contribution in [0.1, 0.15) is 42.6 Å². The van der Waals surface area contributed by atoms with Gasteiger partial charge in [-0.2, -0.15) is 0 Å². The fourth-order valence-corrected chi connectivity index (χ4v) is 4.65. The zero-order chi connectivity index (χ0) is 21.0. The van der Waals surface area contributed by atoms with Crippen LogP contribution in [0, 0.1) is 5.92 Å². The zero-order valence-corrected chi connectivity index (χ0v) is 17.8. The van der Waals surface area contributed by atoms with Crippen LogP contribution in [0.15, 0.2) is 67.1 Å². The lowest BCUT2D eigenvalue weighted by atomic mass is 9.84. The number of imidazole rings is 1. The molecular weight excluding hydrogens is 382 g/mol. The van der Waals surface area contributed by atoms with Gasteiger partial charge in [0, 0.05) is 24.1 Å². The molecule has 0 atom stereocenters. The molecule has 0 radical (unpaired) electrons. The maximum Gasteiger partial charge on any atom is 0.159 e. The molecule has 0 amide bonds. The van der Waals surface area contributed by atoms with E-state index in [1.807, 2.05) is 18.6 Å². The van der Waals surface area contributed by atoms with Crippen molar-refractivity contribution in [1.82, 2.24) is 19.4 Å². The fourth-order valence-electron chi connectivity index (χ4n) is 4.65. The molecular formula is C26H29N5. The van der Waals surface area contributed by atoms with E-state index in [4.69, 9.17) is 15.7 Å². The second kappa shape index (κ2) is 8.98. The van der Waals surface area contributed by atoms with Crippen molar-refractivity contribution in [2.75, 3.05) is 0 Å². The van der Waals surface area contributed by atoms with Gasteiger partial charge in [-0.1, -0.05) is 36.4 Å². The molecule has 5 nitrogen and oxygen atoms in total. The molecule has 158 valence electrons. The maximum absolute atomic E-state index is 6.08. The number of pyridine rings is 1. The van der Waals surface area contributed by atoms with Crippen LogP contribution in [0.4, 0.5) is 0 Å². The highest BCUT2D eigenvalue weighted by molar-refractivity contribution is 5.61. The molecule has 0 saturated heterocycles. The van der Waals surface area contributed by atoms with Gasteiger partial charge in [0.25, 0.3) is 0 Å². The highest BCUT2D eigenvalue weighted by Crippen LogP contribution is 2.28. The van der Waals surface area contributed by atoms with E-state index in [1.54, 1.807) is 0 Å². The van der Waals surface area contributed by atoms with Gasteiger partial charge in [-0.05, 0) is 68.6 Å². The van der Waals surface area contributed by atoms with E-state index in [0.29, 0.717) is 12.0 Å². The molecule has 0 unspecified atom stereocenters. The molecule has 1 saturated carbocycles. The monoisotopic (exact) mass is 411 g/mol. The summed E-state index contributed by atoms with van der Waals surface area (Å²) in [6.45, 7) is 0. The lowest BCUT2D eigenvalue weighted by molar-refractivity contribution is 0.323. The van der Waals surface area contributed by atoms with Gasteiger partial charge < -0.3 is 5.73 Å². The van der Waals surface area contributed by atoms with Gasteiger partial charge >= 0.3 is 0 Å². The molecule has 31 heavy (non-hydrogen) atoms. The Bertz CT molecular complexity index is 1140. The Morgan fingerprint density at radius 3 is 2.58 bits per heavy atom. The largest absolute Gasteiger partial charge is 0.328 e. The van der Waals surface area contributed by atoms with Crippen LogP contribution >= 0.6 is 0 Å². The standard InChI is InChI=1S/C26H29N5/c27-21-12-9-20(10-13-21)17-24-26-29-18-25(31(26)16-15-28-24)23-8-4-7-22(30-23)14-11-19-5-2-1-3-6-19/h1-8,15-16,18,20-21H,9-14,17,27H2. The number of hydrogen-bond donors (Lipinski definition) is 1. The Labute approximate surface area is 183 Å². The molecule has 2 N–H and O–H groups in total. The van der Waals surface area contributed by atoms with Crippen LogP contribution in [-0.2, 0) is 19.3 Å². The Balaban J connectivity index is 1.37. The first-order valence-electron chi connectivity index (χ1n) is 11.3. The smallest absolute Gasteiger partial charge is 0.159 e. The first-order valence-corrected chi connectivity index (χ1v) is 11.3. The minimum Gasteiger partial charge on any atom is -0.328 e. The second-order valence-corrected chi connectivity index (χ2v) is 8.70. The van der Waals surface area contributed by atoms with Crippen molar-refractivity contribution >= 4 is 5.65 Å². The molecule has 1 aliphatic carbocycles. The quantitative estimate of drug-likeness (QED) is 0.502. The number of aryl methyl sites for hydroxylation is 2. The molecule has 1 fully saturated rings. The molecule has 1 aromatic carbocycles. The summed E-state index contributed by atoms with van der Waals surface area (Å²) in [4.78, 5) is 14.3. The summed E-state index contributed by atoms with van der Waals surface area (Å²) in [7, 11) is 0. The third-order valence-corrected chi connectivity index (χ3v) is 6.46. The van der Waals surface area contributed by atoms with Crippen molar-refractivity contribution in [3.63, 3.8) is 0 Å². The molecule has 4 aromatic rings. The van der Waals surface area contributed by atoms with E-state index in [9.17, 15) is 0 Å². The maximum atomic E-state index is 6.08. The topological polar surface area (TPSA) is 69.1 Å². The number of fused-ring (bicyclic) bond motifs is 1. The molecule has 5 rings (SSSR count). The number of benzene rings is 1. The van der Waals surface area contributed by atoms with Gasteiger partial charge in [-0.3, -0.25) is 14.4 Å². The SMILES string of the molecule is NC1CCC(Cc2nccn3c(-c4cccc(CCc5ccccc5)n4)cnc23)CC1. The summed E-state index contributed by atoms with van der Waals surface area (Å²) in [5, 5.41) is 0. The van der Waals surface area contributed by atoms with Crippen molar-refractivity contribution in [2.24, 2.45) is 11.7 Å². The van der Waals surface area contributed by atoms with E-state index in [1.165, 1.54) is 18.4 Å². The van der Waals surface area contributed by atoms with Gasteiger partial charge in [0.1, 0.15) is 0 Å². The molecule has 0 aliphatic heterocycles. The van der Waals surface area contributed by atoms with Crippen LogP contribution in [0.5, 0.6) is 0 Å². The minimum atomic E-state index is 0.373. The summed E-state index contributed by atoms with van der Waals surface area (Å²) >= 11 is 0.